The first-order chi connectivity index (χ1) is 17.8. The topological polar surface area (TPSA) is 101 Å². The van der Waals surface area contributed by atoms with Crippen molar-refractivity contribution < 1.29 is 29.0 Å². The number of aromatic hydroxyl groups is 1. The lowest BCUT2D eigenvalue weighted by Crippen LogP contribution is -2.43. The fourth-order valence-corrected chi connectivity index (χ4v) is 7.71. The Labute approximate surface area is 223 Å². The number of phenols is 1. The lowest BCUT2D eigenvalue weighted by Gasteiger charge is -2.42. The van der Waals surface area contributed by atoms with E-state index in [-0.39, 0.29) is 46.1 Å². The molecule has 0 radical (unpaired) electrons. The number of methoxy groups -OCH3 is 1. The summed E-state index contributed by atoms with van der Waals surface area (Å²) in [5, 5.41) is 11.0. The summed E-state index contributed by atoms with van der Waals surface area (Å²) >= 11 is 3.24. The molecule has 1 saturated heterocycles. The van der Waals surface area contributed by atoms with Gasteiger partial charge in [-0.2, -0.15) is 0 Å². The molecule has 0 bridgehead atoms. The Kier molecular flexibility index (Phi) is 5.97. The summed E-state index contributed by atoms with van der Waals surface area (Å²) in [6.45, 7) is 0. The fourth-order valence-electron chi connectivity index (χ4n) is 7.26. The number of hydrogen-bond donors (Lipinski definition) is 1. The number of fused-ring (bicyclic) bond motifs is 3. The number of Topliss-reactive ketones (excluding diaryl/α,β-unsaturated/α-hetero) is 1. The van der Waals surface area contributed by atoms with Crippen molar-refractivity contribution in [2.75, 3.05) is 7.11 Å². The first kappa shape index (κ1) is 24.3. The second kappa shape index (κ2) is 9.08. The van der Waals surface area contributed by atoms with E-state index in [9.17, 15) is 24.3 Å². The SMILES string of the molecule is COc1cccc(O)c1[C@H]1C2=CC[C@@H]3C(=O)N(C4CCCCC4)C(=O)[C@@H]3[C@@H]2CC2=C1C(=O)C=C(Br)C2=O. The summed E-state index contributed by atoms with van der Waals surface area (Å²) in [4.78, 5) is 55.7. The van der Waals surface area contributed by atoms with Crippen LogP contribution >= 0.6 is 15.9 Å². The molecule has 6 rings (SSSR count). The number of ether oxygens (including phenoxy) is 1. The Morgan fingerprint density at radius 2 is 1.78 bits per heavy atom. The third-order valence-corrected chi connectivity index (χ3v) is 9.45. The number of nitrogens with zero attached hydrogens (tertiary/aromatic N) is 1. The molecule has 7 nitrogen and oxygen atoms in total. The third-order valence-electron chi connectivity index (χ3n) is 8.86. The second-order valence-electron chi connectivity index (χ2n) is 10.6. The number of phenolic OH excluding ortho intramolecular Hbond substituents is 1. The highest BCUT2D eigenvalue weighted by Gasteiger charge is 2.57. The number of rotatable bonds is 3. The molecule has 8 heteroatoms. The molecule has 0 aromatic heterocycles. The smallest absolute Gasteiger partial charge is 0.233 e. The van der Waals surface area contributed by atoms with E-state index in [1.807, 2.05) is 6.08 Å². The van der Waals surface area contributed by atoms with Gasteiger partial charge in [-0.3, -0.25) is 24.1 Å². The van der Waals surface area contributed by atoms with Gasteiger partial charge in [0.1, 0.15) is 11.5 Å². The molecule has 0 spiro atoms. The van der Waals surface area contributed by atoms with E-state index in [2.05, 4.69) is 15.9 Å². The third kappa shape index (κ3) is 3.59. The summed E-state index contributed by atoms with van der Waals surface area (Å²) in [7, 11) is 1.49. The number of hydrogen-bond acceptors (Lipinski definition) is 6. The minimum Gasteiger partial charge on any atom is -0.507 e. The molecule has 4 aliphatic carbocycles. The van der Waals surface area contributed by atoms with Crippen molar-refractivity contribution in [3.63, 3.8) is 0 Å². The van der Waals surface area contributed by atoms with Crippen LogP contribution in [0.2, 0.25) is 0 Å². The number of allylic oxidation sites excluding steroid dienone is 6. The molecule has 1 N–H and O–H groups in total. The van der Waals surface area contributed by atoms with Crippen molar-refractivity contribution in [1.82, 2.24) is 4.90 Å². The van der Waals surface area contributed by atoms with Gasteiger partial charge in [0.05, 0.1) is 23.4 Å². The molecule has 1 aromatic rings. The predicted molar refractivity (Wildman–Crippen MR) is 138 cm³/mol. The van der Waals surface area contributed by atoms with Gasteiger partial charge in [-0.05, 0) is 59.7 Å². The minimum absolute atomic E-state index is 0.0496. The Bertz CT molecular complexity index is 1330. The van der Waals surface area contributed by atoms with Crippen molar-refractivity contribution in [2.24, 2.45) is 17.8 Å². The number of halogens is 1. The second-order valence-corrected chi connectivity index (χ2v) is 11.5. The first-order valence-corrected chi connectivity index (χ1v) is 13.7. The predicted octanol–water partition coefficient (Wildman–Crippen LogP) is 4.50. The minimum atomic E-state index is -0.745. The molecule has 2 fully saturated rings. The van der Waals surface area contributed by atoms with Gasteiger partial charge in [-0.25, -0.2) is 0 Å². The zero-order valence-corrected chi connectivity index (χ0v) is 22.1. The number of likely N-dealkylation sites (tertiary alicyclic amines) is 1. The molecule has 0 unspecified atom stereocenters. The van der Waals surface area contributed by atoms with Gasteiger partial charge in [-0.15, -0.1) is 0 Å². The maximum atomic E-state index is 13.9. The standard InChI is InChI=1S/C29H28BrNO6/c1-37-22-9-5-8-20(32)26(22)25-15-10-11-16-23(29(36)31(28(16)35)14-6-3-2-4-7-14)17(15)12-18-24(25)21(33)13-19(30)27(18)34/h5,8-10,13-14,16-17,23,25,32H,2-4,6-7,11-12H2,1H3/t16-,17+,23-,25-/m0/s1. The molecule has 5 aliphatic rings. The molecule has 37 heavy (non-hydrogen) atoms. The molecular weight excluding hydrogens is 538 g/mol. The van der Waals surface area contributed by atoms with E-state index in [0.717, 1.165) is 37.7 Å². The van der Waals surface area contributed by atoms with E-state index in [1.165, 1.54) is 24.2 Å². The van der Waals surface area contributed by atoms with Crippen LogP contribution in [-0.2, 0) is 19.2 Å². The summed E-state index contributed by atoms with van der Waals surface area (Å²) in [5.74, 6) is -2.75. The van der Waals surface area contributed by atoms with Crippen LogP contribution in [-0.4, -0.2) is 46.5 Å². The number of carbonyl (C=O) groups is 4. The van der Waals surface area contributed by atoms with E-state index < -0.39 is 23.7 Å². The van der Waals surface area contributed by atoms with E-state index in [0.29, 0.717) is 28.9 Å². The summed E-state index contributed by atoms with van der Waals surface area (Å²) in [6.07, 6.45) is 8.64. The Morgan fingerprint density at radius 1 is 1.03 bits per heavy atom. The monoisotopic (exact) mass is 565 g/mol. The maximum Gasteiger partial charge on any atom is 0.233 e. The molecule has 1 heterocycles. The van der Waals surface area contributed by atoms with Crippen LogP contribution in [0.15, 0.2) is 51.6 Å². The lowest BCUT2D eigenvalue weighted by atomic mass is 9.59. The van der Waals surface area contributed by atoms with E-state index in [4.69, 9.17) is 4.74 Å². The van der Waals surface area contributed by atoms with E-state index in [1.54, 1.807) is 12.1 Å². The average molecular weight is 566 g/mol. The maximum absolute atomic E-state index is 13.9. The fraction of sp³-hybridized carbons (Fsp3) is 0.448. The van der Waals surface area contributed by atoms with Crippen LogP contribution in [0.25, 0.3) is 0 Å². The molecule has 1 aliphatic heterocycles. The van der Waals surface area contributed by atoms with Crippen LogP contribution < -0.4 is 4.74 Å². The summed E-state index contributed by atoms with van der Waals surface area (Å²) < 4.78 is 5.76. The van der Waals surface area contributed by atoms with Gasteiger partial charge < -0.3 is 9.84 Å². The van der Waals surface area contributed by atoms with Gasteiger partial charge in [0.15, 0.2) is 11.6 Å². The number of ketones is 2. The normalized spacial score (nSPS) is 30.1. The zero-order chi connectivity index (χ0) is 26.0. The summed E-state index contributed by atoms with van der Waals surface area (Å²) in [5.41, 5.74) is 1.86. The van der Waals surface area contributed by atoms with Crippen molar-refractivity contribution in [3.05, 3.63) is 57.1 Å². The van der Waals surface area contributed by atoms with Gasteiger partial charge in [0, 0.05) is 34.7 Å². The van der Waals surface area contributed by atoms with Crippen LogP contribution in [0.5, 0.6) is 11.5 Å². The average Bonchev–Trinajstić information content (AvgIpc) is 3.16. The zero-order valence-electron chi connectivity index (χ0n) is 20.5. The number of amides is 2. The number of carbonyl (C=O) groups excluding carboxylic acids is 4. The van der Waals surface area contributed by atoms with Crippen molar-refractivity contribution in [3.8, 4) is 11.5 Å². The highest BCUT2D eigenvalue weighted by molar-refractivity contribution is 9.12. The highest BCUT2D eigenvalue weighted by Crippen LogP contribution is 2.57. The largest absolute Gasteiger partial charge is 0.507 e. The Hall–Kier alpha value is -3.00. The molecule has 1 saturated carbocycles. The van der Waals surface area contributed by atoms with Gasteiger partial charge in [-0.1, -0.05) is 37.0 Å². The van der Waals surface area contributed by atoms with Crippen LogP contribution in [0.4, 0.5) is 0 Å². The molecule has 192 valence electrons. The van der Waals surface area contributed by atoms with Gasteiger partial charge in [0.2, 0.25) is 11.8 Å². The summed E-state index contributed by atoms with van der Waals surface area (Å²) in [6, 6.07) is 4.83. The lowest BCUT2D eigenvalue weighted by molar-refractivity contribution is -0.143. The van der Waals surface area contributed by atoms with Crippen LogP contribution in [0.1, 0.15) is 56.4 Å². The quantitative estimate of drug-likeness (QED) is 0.329. The van der Waals surface area contributed by atoms with Gasteiger partial charge in [0.25, 0.3) is 0 Å². The van der Waals surface area contributed by atoms with Crippen molar-refractivity contribution in [2.45, 2.75) is 56.9 Å². The Balaban J connectivity index is 1.50. The Morgan fingerprint density at radius 3 is 2.51 bits per heavy atom. The van der Waals surface area contributed by atoms with Crippen molar-refractivity contribution in [1.29, 1.82) is 0 Å². The van der Waals surface area contributed by atoms with Gasteiger partial charge >= 0.3 is 0 Å². The first-order valence-electron chi connectivity index (χ1n) is 13.0. The molecule has 2 amide bonds. The highest BCUT2D eigenvalue weighted by atomic mass is 79.9. The molecule has 1 aromatic carbocycles. The van der Waals surface area contributed by atoms with Crippen LogP contribution in [0.3, 0.4) is 0 Å². The van der Waals surface area contributed by atoms with Crippen molar-refractivity contribution >= 4 is 39.3 Å². The number of benzene rings is 1. The van der Waals surface area contributed by atoms with E-state index >= 15 is 0 Å². The van der Waals surface area contributed by atoms with Crippen LogP contribution in [0, 0.1) is 17.8 Å². The molecular formula is C29H28BrNO6. The molecule has 4 atom stereocenters. The number of imide groups is 1.